The van der Waals surface area contributed by atoms with Crippen LogP contribution in [0.3, 0.4) is 0 Å². The van der Waals surface area contributed by atoms with Gasteiger partial charge in [-0.25, -0.2) is 0 Å². The zero-order valence-corrected chi connectivity index (χ0v) is 7.19. The van der Waals surface area contributed by atoms with Crippen molar-refractivity contribution in [3.8, 4) is 0 Å². The van der Waals surface area contributed by atoms with Crippen LogP contribution in [-0.2, 0) is 0 Å². The van der Waals surface area contributed by atoms with Crippen LogP contribution in [0.2, 0.25) is 0 Å². The van der Waals surface area contributed by atoms with Crippen molar-refractivity contribution < 1.29 is 0 Å². The quantitative estimate of drug-likeness (QED) is 0.585. The van der Waals surface area contributed by atoms with Crippen LogP contribution in [0, 0.1) is 0 Å². The maximum Gasteiger partial charge on any atom is 0.0160 e. The van der Waals surface area contributed by atoms with Gasteiger partial charge in [-0.3, -0.25) is 0 Å². The van der Waals surface area contributed by atoms with Crippen molar-refractivity contribution in [1.29, 1.82) is 0 Å². The van der Waals surface area contributed by atoms with Crippen LogP contribution < -0.4 is 5.73 Å². The Morgan fingerprint density at radius 2 is 2.20 bits per heavy atom. The Morgan fingerprint density at radius 1 is 1.60 bits per heavy atom. The number of rotatable bonds is 5. The van der Waals surface area contributed by atoms with Gasteiger partial charge < -0.3 is 5.73 Å². The fourth-order valence-electron chi connectivity index (χ4n) is 1.01. The lowest BCUT2D eigenvalue weighted by atomic mass is 9.93. The lowest BCUT2D eigenvalue weighted by Gasteiger charge is -2.22. The minimum atomic E-state index is -0.0161. The highest BCUT2D eigenvalue weighted by Gasteiger charge is 2.14. The third-order valence-corrected chi connectivity index (χ3v) is 1.71. The summed E-state index contributed by atoms with van der Waals surface area (Å²) in [6.45, 7) is 7.95. The first-order valence-electron chi connectivity index (χ1n) is 4.02. The summed E-state index contributed by atoms with van der Waals surface area (Å²) < 4.78 is 0. The smallest absolute Gasteiger partial charge is 0.0160 e. The second kappa shape index (κ2) is 4.51. The third kappa shape index (κ3) is 4.57. The molecule has 2 N–H and O–H groups in total. The molecule has 0 fully saturated rings. The summed E-state index contributed by atoms with van der Waals surface area (Å²) in [5.41, 5.74) is 5.93. The molecule has 0 aliphatic rings. The van der Waals surface area contributed by atoms with E-state index >= 15 is 0 Å². The SMILES string of the molecule is C=CC[C@](C)(N)CCCC. The molecule has 0 aromatic carbocycles. The second-order valence-electron chi connectivity index (χ2n) is 3.25. The lowest BCUT2D eigenvalue weighted by Crippen LogP contribution is -2.35. The molecule has 0 saturated heterocycles. The zero-order chi connectivity index (χ0) is 8.04. The minimum absolute atomic E-state index is 0.0161. The number of unbranched alkanes of at least 4 members (excludes halogenated alkanes) is 1. The lowest BCUT2D eigenvalue weighted by molar-refractivity contribution is 0.421. The molecule has 0 unspecified atom stereocenters. The maximum absolute atomic E-state index is 5.94. The normalized spacial score (nSPS) is 16.3. The Bertz CT molecular complexity index is 94.9. The van der Waals surface area contributed by atoms with Gasteiger partial charge in [-0.1, -0.05) is 25.8 Å². The van der Waals surface area contributed by atoms with Crippen LogP contribution >= 0.6 is 0 Å². The molecule has 0 amide bonds. The average molecular weight is 141 g/mol. The number of nitrogens with two attached hydrogens (primary N) is 1. The molecule has 1 atom stereocenters. The molecule has 0 spiro atoms. The predicted molar refractivity (Wildman–Crippen MR) is 46.9 cm³/mol. The van der Waals surface area contributed by atoms with Crippen LogP contribution in [0.25, 0.3) is 0 Å². The van der Waals surface area contributed by atoms with Gasteiger partial charge >= 0.3 is 0 Å². The van der Waals surface area contributed by atoms with Gasteiger partial charge in [0, 0.05) is 5.54 Å². The highest BCUT2D eigenvalue weighted by atomic mass is 14.7. The molecule has 0 heterocycles. The molecule has 0 saturated carbocycles. The summed E-state index contributed by atoms with van der Waals surface area (Å²) in [4.78, 5) is 0. The van der Waals surface area contributed by atoms with Gasteiger partial charge in [0.25, 0.3) is 0 Å². The van der Waals surface area contributed by atoms with Crippen molar-refractivity contribution in [3.63, 3.8) is 0 Å². The summed E-state index contributed by atoms with van der Waals surface area (Å²) in [6.07, 6.45) is 6.38. The second-order valence-corrected chi connectivity index (χ2v) is 3.25. The Kier molecular flexibility index (Phi) is 4.37. The highest BCUT2D eigenvalue weighted by molar-refractivity contribution is 4.86. The molecule has 0 bridgehead atoms. The van der Waals surface area contributed by atoms with E-state index in [1.807, 2.05) is 6.08 Å². The van der Waals surface area contributed by atoms with Gasteiger partial charge in [-0.2, -0.15) is 0 Å². The summed E-state index contributed by atoms with van der Waals surface area (Å²) >= 11 is 0. The van der Waals surface area contributed by atoms with E-state index in [4.69, 9.17) is 5.73 Å². The van der Waals surface area contributed by atoms with Crippen molar-refractivity contribution in [3.05, 3.63) is 12.7 Å². The third-order valence-electron chi connectivity index (χ3n) is 1.71. The van der Waals surface area contributed by atoms with Crippen LogP contribution in [0.4, 0.5) is 0 Å². The first-order chi connectivity index (χ1) is 4.62. The molecule has 0 radical (unpaired) electrons. The van der Waals surface area contributed by atoms with E-state index in [1.54, 1.807) is 0 Å². The summed E-state index contributed by atoms with van der Waals surface area (Å²) in [5.74, 6) is 0. The van der Waals surface area contributed by atoms with Crippen molar-refractivity contribution in [1.82, 2.24) is 0 Å². The standard InChI is InChI=1S/C9H19N/c1-4-6-8-9(3,10)7-5-2/h5H,2,4,6-8,10H2,1,3H3/t9-/m0/s1. The van der Waals surface area contributed by atoms with Gasteiger partial charge in [0.1, 0.15) is 0 Å². The largest absolute Gasteiger partial charge is 0.325 e. The van der Waals surface area contributed by atoms with E-state index in [-0.39, 0.29) is 5.54 Å². The van der Waals surface area contributed by atoms with Crippen LogP contribution in [0.5, 0.6) is 0 Å². The van der Waals surface area contributed by atoms with Crippen molar-refractivity contribution in [2.24, 2.45) is 5.73 Å². The summed E-state index contributed by atoms with van der Waals surface area (Å²) in [5, 5.41) is 0. The predicted octanol–water partition coefficient (Wildman–Crippen LogP) is 2.47. The van der Waals surface area contributed by atoms with Crippen molar-refractivity contribution >= 4 is 0 Å². The molecule has 1 heteroatoms. The van der Waals surface area contributed by atoms with E-state index in [0.29, 0.717) is 0 Å². The van der Waals surface area contributed by atoms with Crippen LogP contribution in [-0.4, -0.2) is 5.54 Å². The van der Waals surface area contributed by atoms with Crippen molar-refractivity contribution in [2.75, 3.05) is 0 Å². The molecule has 60 valence electrons. The van der Waals surface area contributed by atoms with Gasteiger partial charge in [-0.05, 0) is 19.8 Å². The maximum atomic E-state index is 5.94. The molecule has 0 rings (SSSR count). The summed E-state index contributed by atoms with van der Waals surface area (Å²) in [6, 6.07) is 0. The van der Waals surface area contributed by atoms with Crippen LogP contribution in [0.15, 0.2) is 12.7 Å². The van der Waals surface area contributed by atoms with E-state index in [1.165, 1.54) is 12.8 Å². The minimum Gasteiger partial charge on any atom is -0.325 e. The number of hydrogen-bond acceptors (Lipinski definition) is 1. The Labute approximate surface area is 64.3 Å². The molecule has 10 heavy (non-hydrogen) atoms. The van der Waals surface area contributed by atoms with Gasteiger partial charge in [0.05, 0.1) is 0 Å². The van der Waals surface area contributed by atoms with E-state index < -0.39 is 0 Å². The first-order valence-corrected chi connectivity index (χ1v) is 4.02. The molecule has 0 aliphatic heterocycles. The number of hydrogen-bond donors (Lipinski definition) is 1. The molecule has 0 aliphatic carbocycles. The Balaban J connectivity index is 3.51. The Morgan fingerprint density at radius 3 is 2.60 bits per heavy atom. The molecule has 0 aromatic rings. The molecule has 1 nitrogen and oxygen atoms in total. The van der Waals surface area contributed by atoms with E-state index in [2.05, 4.69) is 20.4 Å². The zero-order valence-electron chi connectivity index (χ0n) is 7.19. The van der Waals surface area contributed by atoms with Gasteiger partial charge in [-0.15, -0.1) is 6.58 Å². The molecular weight excluding hydrogens is 122 g/mol. The monoisotopic (exact) mass is 141 g/mol. The average Bonchev–Trinajstić information content (AvgIpc) is 1.84. The van der Waals surface area contributed by atoms with Crippen molar-refractivity contribution in [2.45, 2.75) is 45.1 Å². The van der Waals surface area contributed by atoms with E-state index in [0.717, 1.165) is 12.8 Å². The van der Waals surface area contributed by atoms with Gasteiger partial charge in [0.15, 0.2) is 0 Å². The van der Waals surface area contributed by atoms with Crippen LogP contribution in [0.1, 0.15) is 39.5 Å². The highest BCUT2D eigenvalue weighted by Crippen LogP contribution is 2.14. The molecular formula is C9H19N. The first kappa shape index (κ1) is 9.70. The fourth-order valence-corrected chi connectivity index (χ4v) is 1.01. The summed E-state index contributed by atoms with van der Waals surface area (Å²) in [7, 11) is 0. The Hall–Kier alpha value is -0.300. The fraction of sp³-hybridized carbons (Fsp3) is 0.778. The topological polar surface area (TPSA) is 26.0 Å². The van der Waals surface area contributed by atoms with Gasteiger partial charge in [0.2, 0.25) is 0 Å². The van der Waals surface area contributed by atoms with E-state index in [9.17, 15) is 0 Å². The molecule has 0 aromatic heterocycles.